The Morgan fingerprint density at radius 3 is 2.87 bits per heavy atom. The Bertz CT molecular complexity index is 1110. The molecule has 8 heteroatoms. The second kappa shape index (κ2) is 5.29. The Labute approximate surface area is 138 Å². The molecule has 0 aliphatic heterocycles. The molecule has 4 aromatic rings. The van der Waals surface area contributed by atoms with Crippen LogP contribution in [0.4, 0.5) is 15.2 Å². The molecule has 0 bridgehead atoms. The summed E-state index contributed by atoms with van der Waals surface area (Å²) >= 11 is 6.98. The van der Waals surface area contributed by atoms with Gasteiger partial charge in [-0.15, -0.1) is 5.10 Å². The second-order valence-electron chi connectivity index (χ2n) is 4.79. The fourth-order valence-electron chi connectivity index (χ4n) is 2.20. The minimum absolute atomic E-state index is 0.0112. The van der Waals surface area contributed by atoms with Crippen LogP contribution in [0.2, 0.25) is 5.02 Å². The number of aromatic nitrogens is 3. The minimum atomic E-state index is -0.495. The van der Waals surface area contributed by atoms with Gasteiger partial charge in [0.15, 0.2) is 0 Å². The molecule has 1 N–H and O–H groups in total. The van der Waals surface area contributed by atoms with Crippen LogP contribution in [0.1, 0.15) is 0 Å². The molecule has 0 aliphatic carbocycles. The third-order valence-corrected chi connectivity index (χ3v) is 4.39. The molecule has 0 aliphatic rings. The normalized spacial score (nSPS) is 11.2. The number of nitrogens with zero attached hydrogens (tertiary/aromatic N) is 3. The largest absolute Gasteiger partial charge is 0.330 e. The van der Waals surface area contributed by atoms with Crippen molar-refractivity contribution < 1.29 is 4.39 Å². The molecular weight excluding hydrogens is 339 g/mol. The zero-order chi connectivity index (χ0) is 16.0. The van der Waals surface area contributed by atoms with E-state index in [-0.39, 0.29) is 10.6 Å². The molecule has 2 aromatic carbocycles. The first kappa shape index (κ1) is 14.1. The van der Waals surface area contributed by atoms with E-state index < -0.39 is 5.82 Å². The lowest BCUT2D eigenvalue weighted by atomic mass is 10.2. The van der Waals surface area contributed by atoms with E-state index in [0.29, 0.717) is 26.7 Å². The first-order valence-corrected chi connectivity index (χ1v) is 7.82. The van der Waals surface area contributed by atoms with Crippen LogP contribution in [0.3, 0.4) is 0 Å². The van der Waals surface area contributed by atoms with E-state index in [1.165, 1.54) is 28.0 Å². The number of para-hydroxylation sites is 1. The highest BCUT2D eigenvalue weighted by Gasteiger charge is 2.11. The van der Waals surface area contributed by atoms with Gasteiger partial charge in [0.05, 0.1) is 15.9 Å². The van der Waals surface area contributed by atoms with Gasteiger partial charge in [-0.05, 0) is 30.3 Å². The van der Waals surface area contributed by atoms with E-state index in [1.807, 2.05) is 6.07 Å². The Hall–Kier alpha value is -2.51. The van der Waals surface area contributed by atoms with Crippen LogP contribution in [-0.2, 0) is 0 Å². The molecule has 0 saturated carbocycles. The van der Waals surface area contributed by atoms with Crippen molar-refractivity contribution >= 4 is 49.6 Å². The lowest BCUT2D eigenvalue weighted by Gasteiger charge is -2.02. The zero-order valence-corrected chi connectivity index (χ0v) is 13.0. The minimum Gasteiger partial charge on any atom is -0.330 e. The van der Waals surface area contributed by atoms with Crippen molar-refractivity contribution in [1.29, 1.82) is 0 Å². The Balaban J connectivity index is 1.82. The van der Waals surface area contributed by atoms with E-state index >= 15 is 0 Å². The standard InChI is InChI=1S/C15H8ClFN4OS/c16-10-7-8(5-6-11(10)17)18-14-20-21-13(22)9-3-1-2-4-12(9)19-15(21)23-14/h1-7H,(H,18,20). The third-order valence-electron chi connectivity index (χ3n) is 3.27. The molecule has 4 rings (SSSR count). The maximum Gasteiger partial charge on any atom is 0.283 e. The highest BCUT2D eigenvalue weighted by Crippen LogP contribution is 2.25. The molecule has 2 heterocycles. The molecule has 0 unspecified atom stereocenters. The SMILES string of the molecule is O=c1c2ccccc2nc2sc(Nc3ccc(F)c(Cl)c3)nn12. The predicted octanol–water partition coefficient (Wildman–Crippen LogP) is 3.84. The number of anilines is 2. The summed E-state index contributed by atoms with van der Waals surface area (Å²) in [6, 6.07) is 11.4. The smallest absolute Gasteiger partial charge is 0.283 e. The van der Waals surface area contributed by atoms with E-state index in [0.717, 1.165) is 0 Å². The van der Waals surface area contributed by atoms with Crippen LogP contribution in [-0.4, -0.2) is 14.6 Å². The fraction of sp³-hybridized carbons (Fsp3) is 0. The van der Waals surface area contributed by atoms with Crippen LogP contribution in [0.15, 0.2) is 47.3 Å². The molecule has 0 fully saturated rings. The maximum atomic E-state index is 13.2. The monoisotopic (exact) mass is 346 g/mol. The van der Waals surface area contributed by atoms with E-state index in [4.69, 9.17) is 11.6 Å². The molecule has 5 nitrogen and oxygen atoms in total. The maximum absolute atomic E-state index is 13.2. The van der Waals surface area contributed by atoms with Gasteiger partial charge in [0.2, 0.25) is 10.1 Å². The third kappa shape index (κ3) is 2.43. The lowest BCUT2D eigenvalue weighted by molar-refractivity contribution is 0.628. The first-order chi connectivity index (χ1) is 11.1. The van der Waals surface area contributed by atoms with Crippen molar-refractivity contribution in [2.24, 2.45) is 0 Å². The number of rotatable bonds is 2. The van der Waals surface area contributed by atoms with Gasteiger partial charge in [-0.25, -0.2) is 9.37 Å². The van der Waals surface area contributed by atoms with Crippen molar-refractivity contribution in [3.05, 3.63) is 63.7 Å². The average Bonchev–Trinajstić information content (AvgIpc) is 2.94. The fourth-order valence-corrected chi connectivity index (χ4v) is 3.20. The van der Waals surface area contributed by atoms with Gasteiger partial charge in [0.25, 0.3) is 5.56 Å². The molecule has 23 heavy (non-hydrogen) atoms. The van der Waals surface area contributed by atoms with E-state index in [2.05, 4.69) is 15.4 Å². The summed E-state index contributed by atoms with van der Waals surface area (Å²) in [5.41, 5.74) is 0.970. The van der Waals surface area contributed by atoms with Gasteiger partial charge in [0.1, 0.15) is 5.82 Å². The van der Waals surface area contributed by atoms with Gasteiger partial charge in [0, 0.05) is 5.69 Å². The molecule has 0 atom stereocenters. The molecule has 0 radical (unpaired) electrons. The van der Waals surface area contributed by atoms with Gasteiger partial charge in [-0.3, -0.25) is 4.79 Å². The molecule has 2 aromatic heterocycles. The molecular formula is C15H8ClFN4OS. The van der Waals surface area contributed by atoms with Crippen LogP contribution in [0, 0.1) is 5.82 Å². The number of benzene rings is 2. The number of nitrogens with one attached hydrogen (secondary N) is 1. The molecule has 0 amide bonds. The molecule has 114 valence electrons. The summed E-state index contributed by atoms with van der Waals surface area (Å²) in [5, 5.41) is 8.20. The Kier molecular flexibility index (Phi) is 3.24. The highest BCUT2D eigenvalue weighted by atomic mass is 35.5. The van der Waals surface area contributed by atoms with Crippen LogP contribution < -0.4 is 10.9 Å². The van der Waals surface area contributed by atoms with Crippen LogP contribution in [0.25, 0.3) is 15.9 Å². The lowest BCUT2D eigenvalue weighted by Crippen LogP contribution is -2.15. The average molecular weight is 347 g/mol. The summed E-state index contributed by atoms with van der Waals surface area (Å²) in [5.74, 6) is -0.495. The van der Waals surface area contributed by atoms with Crippen LogP contribution in [0.5, 0.6) is 0 Å². The van der Waals surface area contributed by atoms with Crippen molar-refractivity contribution in [3.63, 3.8) is 0 Å². The Morgan fingerprint density at radius 1 is 1.22 bits per heavy atom. The quantitative estimate of drug-likeness (QED) is 0.599. The first-order valence-electron chi connectivity index (χ1n) is 6.62. The van der Waals surface area contributed by atoms with Gasteiger partial charge < -0.3 is 5.32 Å². The van der Waals surface area contributed by atoms with E-state index in [9.17, 15) is 9.18 Å². The van der Waals surface area contributed by atoms with Crippen molar-refractivity contribution in [2.45, 2.75) is 0 Å². The number of fused-ring (bicyclic) bond motifs is 2. The van der Waals surface area contributed by atoms with E-state index in [1.54, 1.807) is 24.3 Å². The number of halogens is 2. The summed E-state index contributed by atoms with van der Waals surface area (Å²) < 4.78 is 14.4. The van der Waals surface area contributed by atoms with Crippen LogP contribution >= 0.6 is 22.9 Å². The summed E-state index contributed by atoms with van der Waals surface area (Å²) in [6.45, 7) is 0. The summed E-state index contributed by atoms with van der Waals surface area (Å²) in [6.07, 6.45) is 0. The van der Waals surface area contributed by atoms with Crippen molar-refractivity contribution in [3.8, 4) is 0 Å². The summed E-state index contributed by atoms with van der Waals surface area (Å²) in [7, 11) is 0. The zero-order valence-electron chi connectivity index (χ0n) is 11.5. The Morgan fingerprint density at radius 2 is 2.04 bits per heavy atom. The predicted molar refractivity (Wildman–Crippen MR) is 89.3 cm³/mol. The molecule has 0 saturated heterocycles. The van der Waals surface area contributed by atoms with Gasteiger partial charge in [-0.2, -0.15) is 4.52 Å². The number of hydrogen-bond donors (Lipinski definition) is 1. The topological polar surface area (TPSA) is 59.3 Å². The second-order valence-corrected chi connectivity index (χ2v) is 6.15. The van der Waals surface area contributed by atoms with Crippen molar-refractivity contribution in [1.82, 2.24) is 14.6 Å². The highest BCUT2D eigenvalue weighted by molar-refractivity contribution is 7.20. The summed E-state index contributed by atoms with van der Waals surface area (Å²) in [4.78, 5) is 17.3. The molecule has 0 spiro atoms. The van der Waals surface area contributed by atoms with Crippen molar-refractivity contribution in [2.75, 3.05) is 5.32 Å². The van der Waals surface area contributed by atoms with Gasteiger partial charge >= 0.3 is 0 Å². The van der Waals surface area contributed by atoms with Gasteiger partial charge in [-0.1, -0.05) is 35.1 Å². The number of hydrogen-bond acceptors (Lipinski definition) is 5.